The minimum atomic E-state index is -1.93. The molecule has 4 aromatic heterocycles. The SMILES string of the molecule is CC[C@]1(OC(=O)CNC(=O)CCC(=O)NCCCOCCOCCOCCCNC(=O)CCC(NC(=O)c2ccc(NCc3cnc4c(=O)[nH]c(N)nc4n3)cc2)C(=O)O)C(=O)OCc2c1cc1n(c2=O)Cc2cc3ccccc3nc2-1. The van der Waals surface area contributed by atoms with Crippen LogP contribution in [0.3, 0.4) is 0 Å². The maximum atomic E-state index is 13.8. The van der Waals surface area contributed by atoms with Gasteiger partial charge < -0.3 is 65.7 Å². The van der Waals surface area contributed by atoms with Crippen molar-refractivity contribution in [3.05, 3.63) is 116 Å². The highest BCUT2D eigenvalue weighted by Gasteiger charge is 2.50. The second-order valence-corrected chi connectivity index (χ2v) is 19.1. The van der Waals surface area contributed by atoms with Crippen molar-refractivity contribution >= 4 is 75.2 Å². The fourth-order valence-corrected chi connectivity index (χ4v) is 9.08. The van der Waals surface area contributed by atoms with Crippen LogP contribution in [-0.2, 0) is 77.7 Å². The molecule has 0 saturated carbocycles. The summed E-state index contributed by atoms with van der Waals surface area (Å²) in [6.45, 7) is 3.78. The smallest absolute Gasteiger partial charge is 0.355 e. The van der Waals surface area contributed by atoms with Crippen molar-refractivity contribution in [1.29, 1.82) is 0 Å². The van der Waals surface area contributed by atoms with E-state index in [1.165, 1.54) is 18.3 Å². The van der Waals surface area contributed by atoms with E-state index in [2.05, 4.69) is 46.5 Å². The number of benzene rings is 2. The number of ether oxygens (including phenoxy) is 5. The van der Waals surface area contributed by atoms with Gasteiger partial charge in [0.2, 0.25) is 29.3 Å². The molecule has 2 aliphatic rings. The maximum absolute atomic E-state index is 13.8. The first-order chi connectivity index (χ1) is 39.6. The Morgan fingerprint density at radius 3 is 2.20 bits per heavy atom. The number of nitrogens with two attached hydrogens (primary N) is 1. The second-order valence-electron chi connectivity index (χ2n) is 19.1. The molecule has 2 aromatic carbocycles. The second kappa shape index (κ2) is 27.8. The number of hydrogen-bond donors (Lipinski definition) is 8. The van der Waals surface area contributed by atoms with Gasteiger partial charge in [-0.25, -0.2) is 24.5 Å². The number of carbonyl (C=O) groups excluding carboxylic acids is 6. The van der Waals surface area contributed by atoms with Crippen LogP contribution in [0.5, 0.6) is 0 Å². The van der Waals surface area contributed by atoms with Crippen molar-refractivity contribution in [3.8, 4) is 11.4 Å². The van der Waals surface area contributed by atoms with E-state index in [1.807, 2.05) is 30.3 Å². The number of carboxylic acid groups (broad SMARTS) is 1. The lowest BCUT2D eigenvalue weighted by molar-refractivity contribution is -0.189. The quantitative estimate of drug-likeness (QED) is 0.0233. The van der Waals surface area contributed by atoms with Crippen LogP contribution >= 0.6 is 0 Å². The number of para-hydroxylation sites is 1. The number of esters is 2. The Kier molecular flexibility index (Phi) is 20.0. The number of aromatic amines is 1. The number of cyclic esters (lactones) is 1. The highest BCUT2D eigenvalue weighted by atomic mass is 16.6. The van der Waals surface area contributed by atoms with Gasteiger partial charge in [0.25, 0.3) is 17.0 Å². The predicted octanol–water partition coefficient (Wildman–Crippen LogP) is 1.47. The number of H-pyrrole nitrogens is 1. The van der Waals surface area contributed by atoms with Crippen LogP contribution in [0.2, 0.25) is 0 Å². The number of aromatic nitrogens is 6. The third-order valence-electron chi connectivity index (χ3n) is 13.4. The van der Waals surface area contributed by atoms with E-state index >= 15 is 0 Å². The van der Waals surface area contributed by atoms with Crippen molar-refractivity contribution in [2.75, 3.05) is 70.3 Å². The number of rotatable bonds is 30. The largest absolute Gasteiger partial charge is 0.480 e. The Hall–Kier alpha value is -9.21. The molecule has 6 aromatic rings. The maximum Gasteiger partial charge on any atom is 0.355 e. The fraction of sp³-hybridized carbons (Fsp3) is 0.400. The van der Waals surface area contributed by atoms with Crippen LogP contribution in [0.1, 0.15) is 84.6 Å². The van der Waals surface area contributed by atoms with Gasteiger partial charge >= 0.3 is 17.9 Å². The molecule has 27 nitrogen and oxygen atoms in total. The number of fused-ring (bicyclic) bond motifs is 6. The molecule has 82 heavy (non-hydrogen) atoms. The van der Waals surface area contributed by atoms with E-state index in [9.17, 15) is 48.3 Å². The van der Waals surface area contributed by atoms with Crippen LogP contribution in [0.15, 0.2) is 76.4 Å². The first-order valence-corrected chi connectivity index (χ1v) is 26.6. The zero-order valence-corrected chi connectivity index (χ0v) is 44.8. The Bertz CT molecular complexity index is 3480. The Morgan fingerprint density at radius 1 is 0.829 bits per heavy atom. The van der Waals surface area contributed by atoms with Crippen LogP contribution < -0.4 is 43.4 Å². The predicted molar refractivity (Wildman–Crippen MR) is 293 cm³/mol. The normalized spacial score (nSPS) is 14.4. The average molecular weight is 1130 g/mol. The lowest BCUT2D eigenvalue weighted by Crippen LogP contribution is -2.48. The van der Waals surface area contributed by atoms with Crippen molar-refractivity contribution in [3.63, 3.8) is 0 Å². The monoisotopic (exact) mass is 1130 g/mol. The molecule has 6 heterocycles. The van der Waals surface area contributed by atoms with Gasteiger partial charge in [0.15, 0.2) is 11.2 Å². The zero-order chi connectivity index (χ0) is 58.2. The third-order valence-corrected chi connectivity index (χ3v) is 13.4. The van der Waals surface area contributed by atoms with Gasteiger partial charge in [0, 0.05) is 73.3 Å². The number of amides is 4. The standard InChI is InChI=1S/C55H62N12O15/c1-2-55(38-26-41-46-34(25-33-7-3-4-8-39(33)63-46)30-67(41)51(74)37(38)31-81-53(55)77)82-45(71)29-60-44(70)16-15-43(69)58-18-6-20-79-22-24-80-23-21-78-19-5-17-57-42(68)14-13-40(52(75)76)64-49(72)32-9-11-35(12-10-32)59-27-36-28-61-47-48(62-36)65-54(56)66-50(47)73/h3-4,7-12,25-26,28,40,59H,2,5-6,13-24,27,29-31H2,1H3,(H,57,68)(H,58,69)(H,60,70)(H,64,72)(H,75,76)(H3,56,62,65,66,73)/t40?,55-/m1/s1. The topological polar surface area (TPSA) is 378 Å². The van der Waals surface area contributed by atoms with Crippen LogP contribution in [0.4, 0.5) is 11.6 Å². The molecule has 0 fully saturated rings. The third kappa shape index (κ3) is 15.0. The van der Waals surface area contributed by atoms with Crippen LogP contribution in [0.25, 0.3) is 33.5 Å². The number of anilines is 2. The molecule has 1 unspecified atom stereocenters. The lowest BCUT2D eigenvalue weighted by atomic mass is 9.85. The van der Waals surface area contributed by atoms with Gasteiger partial charge in [-0.2, -0.15) is 4.98 Å². The number of nitrogen functional groups attached to an aromatic ring is 1. The molecule has 2 atom stereocenters. The first-order valence-electron chi connectivity index (χ1n) is 26.6. The summed E-state index contributed by atoms with van der Waals surface area (Å²) in [5.74, 6) is -5.10. The van der Waals surface area contributed by atoms with Gasteiger partial charge in [-0.1, -0.05) is 25.1 Å². The average Bonchev–Trinajstić information content (AvgIpc) is 2.09. The molecule has 0 bridgehead atoms. The molecular formula is C55H62N12O15. The highest BCUT2D eigenvalue weighted by molar-refractivity contribution is 5.97. The first kappa shape index (κ1) is 58.9. The summed E-state index contributed by atoms with van der Waals surface area (Å²) in [5.41, 5.74) is 7.31. The molecule has 8 rings (SSSR count). The van der Waals surface area contributed by atoms with Crippen molar-refractivity contribution in [1.82, 2.24) is 50.8 Å². The number of nitrogens with zero attached hydrogens (tertiary/aromatic N) is 5. The molecule has 0 saturated heterocycles. The minimum Gasteiger partial charge on any atom is -0.480 e. The fourth-order valence-electron chi connectivity index (χ4n) is 9.08. The number of carbonyl (C=O) groups is 7. The van der Waals surface area contributed by atoms with E-state index in [0.717, 1.165) is 16.5 Å². The Balaban J connectivity index is 0.613. The molecule has 432 valence electrons. The molecule has 0 aliphatic carbocycles. The van der Waals surface area contributed by atoms with E-state index in [0.29, 0.717) is 88.3 Å². The molecular weight excluding hydrogens is 1070 g/mol. The lowest BCUT2D eigenvalue weighted by Gasteiger charge is -2.35. The van der Waals surface area contributed by atoms with Gasteiger partial charge in [-0.05, 0) is 68.1 Å². The van der Waals surface area contributed by atoms with Gasteiger partial charge in [0.05, 0.1) is 73.9 Å². The van der Waals surface area contributed by atoms with Gasteiger partial charge in [0.1, 0.15) is 19.2 Å². The summed E-state index contributed by atoms with van der Waals surface area (Å²) in [6, 6.07) is 16.2. The summed E-state index contributed by atoms with van der Waals surface area (Å²) >= 11 is 0. The van der Waals surface area contributed by atoms with Gasteiger partial charge in [-0.3, -0.25) is 38.5 Å². The van der Waals surface area contributed by atoms with E-state index in [-0.39, 0.29) is 103 Å². The highest BCUT2D eigenvalue weighted by Crippen LogP contribution is 2.41. The summed E-state index contributed by atoms with van der Waals surface area (Å²) in [6.07, 6.45) is 1.77. The summed E-state index contributed by atoms with van der Waals surface area (Å²) in [7, 11) is 0. The molecule has 4 amide bonds. The number of carboxylic acids is 1. The van der Waals surface area contributed by atoms with Crippen LogP contribution in [0, 0.1) is 0 Å². The Morgan fingerprint density at radius 2 is 1.50 bits per heavy atom. The Labute approximate surface area is 467 Å². The van der Waals surface area contributed by atoms with Gasteiger partial charge in [-0.15, -0.1) is 0 Å². The molecule has 9 N–H and O–H groups in total. The van der Waals surface area contributed by atoms with Crippen molar-refractivity contribution in [2.24, 2.45) is 0 Å². The van der Waals surface area contributed by atoms with E-state index < -0.39 is 53.5 Å². The number of nitrogens with one attached hydrogen (secondary N) is 6. The van der Waals surface area contributed by atoms with E-state index in [1.54, 1.807) is 29.7 Å². The molecule has 0 radical (unpaired) electrons. The van der Waals surface area contributed by atoms with E-state index in [4.69, 9.17) is 34.4 Å². The summed E-state index contributed by atoms with van der Waals surface area (Å²) in [4.78, 5) is 134. The summed E-state index contributed by atoms with van der Waals surface area (Å²) in [5, 5.41) is 24.0. The number of hydrogen-bond acceptors (Lipinski definition) is 20. The zero-order valence-electron chi connectivity index (χ0n) is 44.8. The number of aliphatic carboxylic acids is 1. The molecule has 2 aliphatic heterocycles. The minimum absolute atomic E-state index is 0.0439. The van der Waals surface area contributed by atoms with Crippen molar-refractivity contribution in [2.45, 2.75) is 83.2 Å². The van der Waals surface area contributed by atoms with Crippen molar-refractivity contribution < 1.29 is 62.4 Å². The summed E-state index contributed by atoms with van der Waals surface area (Å²) < 4.78 is 29.3. The molecule has 0 spiro atoms. The molecule has 27 heteroatoms. The van der Waals surface area contributed by atoms with Crippen LogP contribution in [-0.4, -0.2) is 141 Å². The number of pyridine rings is 2.